The first-order chi connectivity index (χ1) is 9.13. The van der Waals surface area contributed by atoms with Crippen LogP contribution in [0.25, 0.3) is 0 Å². The van der Waals surface area contributed by atoms with Crippen LogP contribution in [0.15, 0.2) is 12.4 Å². The fourth-order valence-corrected chi connectivity index (χ4v) is 3.38. The van der Waals surface area contributed by atoms with E-state index in [1.54, 1.807) is 0 Å². The highest BCUT2D eigenvalue weighted by molar-refractivity contribution is 4.98. The summed E-state index contributed by atoms with van der Waals surface area (Å²) in [6.45, 7) is -2.02. The van der Waals surface area contributed by atoms with Crippen molar-refractivity contribution in [3.8, 4) is 0 Å². The molecular weight excluding hydrogens is 250 g/mol. The van der Waals surface area contributed by atoms with E-state index < -0.39 is 6.55 Å². The van der Waals surface area contributed by atoms with E-state index in [9.17, 15) is 8.78 Å². The third kappa shape index (κ3) is 2.65. The summed E-state index contributed by atoms with van der Waals surface area (Å²) in [5.74, 6) is 0.448. The highest BCUT2D eigenvalue weighted by Gasteiger charge is 2.35. The molecule has 2 bridgehead atoms. The molecule has 3 rings (SSSR count). The second-order valence-electron chi connectivity index (χ2n) is 5.71. The summed E-state index contributed by atoms with van der Waals surface area (Å²) >= 11 is 0. The van der Waals surface area contributed by atoms with Gasteiger partial charge in [0, 0.05) is 30.5 Å². The lowest BCUT2D eigenvalue weighted by Crippen LogP contribution is -2.46. The Morgan fingerprint density at radius 2 is 2.11 bits per heavy atom. The molecule has 6 heteroatoms. The molecule has 2 atom stereocenters. The van der Waals surface area contributed by atoms with E-state index in [0.29, 0.717) is 30.5 Å². The van der Waals surface area contributed by atoms with Gasteiger partial charge in [0.15, 0.2) is 0 Å². The molecule has 0 amide bonds. The van der Waals surface area contributed by atoms with Gasteiger partial charge in [-0.05, 0) is 32.7 Å². The Labute approximate surface area is 111 Å². The van der Waals surface area contributed by atoms with Gasteiger partial charge in [0.2, 0.25) is 0 Å². The standard InChI is InChI=1S/C13H20F2N4/c1-18(8-12-16-4-5-19(12)13(14)15)11-6-9-2-3-10(7-11)17-9/h4-5,9-11,13,17H,2-3,6-8H2,1H3. The van der Waals surface area contributed by atoms with E-state index >= 15 is 0 Å². The summed E-state index contributed by atoms with van der Waals surface area (Å²) < 4.78 is 26.5. The number of piperidine rings is 1. The SMILES string of the molecule is CN(Cc1nccn1C(F)F)C1CC2CCC(C1)N2. The zero-order chi connectivity index (χ0) is 13.4. The highest BCUT2D eigenvalue weighted by atomic mass is 19.3. The van der Waals surface area contributed by atoms with Crippen molar-refractivity contribution in [1.82, 2.24) is 19.8 Å². The van der Waals surface area contributed by atoms with Crippen LogP contribution in [0.4, 0.5) is 8.78 Å². The summed E-state index contributed by atoms with van der Waals surface area (Å²) in [5.41, 5.74) is 0. The van der Waals surface area contributed by atoms with E-state index in [1.807, 2.05) is 7.05 Å². The van der Waals surface area contributed by atoms with E-state index in [-0.39, 0.29) is 0 Å². The second-order valence-corrected chi connectivity index (χ2v) is 5.71. The molecule has 1 N–H and O–H groups in total. The van der Waals surface area contributed by atoms with E-state index in [4.69, 9.17) is 0 Å². The number of aromatic nitrogens is 2. The van der Waals surface area contributed by atoms with Gasteiger partial charge in [0.1, 0.15) is 5.82 Å². The van der Waals surface area contributed by atoms with Crippen molar-refractivity contribution >= 4 is 0 Å². The molecule has 4 nitrogen and oxygen atoms in total. The van der Waals surface area contributed by atoms with Crippen LogP contribution in [-0.4, -0.2) is 39.6 Å². The first kappa shape index (κ1) is 13.0. The number of alkyl halides is 2. The number of nitrogens with one attached hydrogen (secondary N) is 1. The minimum atomic E-state index is -2.50. The third-order valence-electron chi connectivity index (χ3n) is 4.42. The maximum absolute atomic E-state index is 12.8. The lowest BCUT2D eigenvalue weighted by molar-refractivity contribution is 0.0620. The average molecular weight is 270 g/mol. The number of nitrogens with zero attached hydrogens (tertiary/aromatic N) is 3. The number of hydrogen-bond acceptors (Lipinski definition) is 3. The molecule has 0 radical (unpaired) electrons. The molecule has 19 heavy (non-hydrogen) atoms. The molecule has 0 spiro atoms. The molecule has 0 aliphatic carbocycles. The molecule has 1 aromatic heterocycles. The second kappa shape index (κ2) is 5.17. The van der Waals surface area contributed by atoms with Gasteiger partial charge in [0.25, 0.3) is 0 Å². The van der Waals surface area contributed by atoms with Crippen LogP contribution in [0.5, 0.6) is 0 Å². The Morgan fingerprint density at radius 3 is 2.74 bits per heavy atom. The summed E-state index contributed by atoms with van der Waals surface area (Å²) in [5, 5.41) is 3.60. The molecule has 2 fully saturated rings. The van der Waals surface area contributed by atoms with Crippen molar-refractivity contribution < 1.29 is 8.78 Å². The first-order valence-electron chi connectivity index (χ1n) is 6.89. The zero-order valence-electron chi connectivity index (χ0n) is 11.1. The molecule has 2 aliphatic rings. The smallest absolute Gasteiger partial charge is 0.311 e. The lowest BCUT2D eigenvalue weighted by Gasteiger charge is -2.35. The molecular formula is C13H20F2N4. The van der Waals surface area contributed by atoms with E-state index in [1.165, 1.54) is 25.2 Å². The van der Waals surface area contributed by atoms with E-state index in [2.05, 4.69) is 15.2 Å². The van der Waals surface area contributed by atoms with Crippen LogP contribution in [0.3, 0.4) is 0 Å². The topological polar surface area (TPSA) is 33.1 Å². The lowest BCUT2D eigenvalue weighted by atomic mass is 9.98. The minimum absolute atomic E-state index is 0.448. The van der Waals surface area contributed by atoms with Gasteiger partial charge in [-0.15, -0.1) is 0 Å². The molecule has 2 aliphatic heterocycles. The Bertz CT molecular complexity index is 422. The molecule has 3 heterocycles. The Hall–Kier alpha value is -1.01. The fourth-order valence-electron chi connectivity index (χ4n) is 3.38. The average Bonchev–Trinajstić information content (AvgIpc) is 2.96. The molecule has 106 valence electrons. The molecule has 1 aromatic rings. The highest BCUT2D eigenvalue weighted by Crippen LogP contribution is 2.29. The van der Waals surface area contributed by atoms with E-state index in [0.717, 1.165) is 17.4 Å². The Kier molecular flexibility index (Phi) is 3.54. The summed E-state index contributed by atoms with van der Waals surface area (Å²) in [4.78, 5) is 6.23. The fraction of sp³-hybridized carbons (Fsp3) is 0.769. The van der Waals surface area contributed by atoms with Crippen molar-refractivity contribution in [3.63, 3.8) is 0 Å². The zero-order valence-corrected chi connectivity index (χ0v) is 11.1. The largest absolute Gasteiger partial charge is 0.319 e. The first-order valence-corrected chi connectivity index (χ1v) is 6.89. The third-order valence-corrected chi connectivity index (χ3v) is 4.42. The number of fused-ring (bicyclic) bond motifs is 2. The maximum Gasteiger partial charge on any atom is 0.319 e. The van der Waals surface area contributed by atoms with Crippen molar-refractivity contribution in [1.29, 1.82) is 0 Å². The van der Waals surface area contributed by atoms with Crippen LogP contribution >= 0.6 is 0 Å². The Morgan fingerprint density at radius 1 is 1.42 bits per heavy atom. The molecule has 0 aromatic carbocycles. The van der Waals surface area contributed by atoms with Gasteiger partial charge in [-0.2, -0.15) is 8.78 Å². The minimum Gasteiger partial charge on any atom is -0.311 e. The van der Waals surface area contributed by atoms with Crippen molar-refractivity contribution in [3.05, 3.63) is 18.2 Å². The quantitative estimate of drug-likeness (QED) is 0.908. The Balaban J connectivity index is 1.64. The number of halogens is 2. The van der Waals surface area contributed by atoms with Gasteiger partial charge in [-0.25, -0.2) is 4.98 Å². The molecule has 0 saturated carbocycles. The predicted octanol–water partition coefficient (Wildman–Crippen LogP) is 1.99. The monoisotopic (exact) mass is 270 g/mol. The number of rotatable bonds is 4. The van der Waals surface area contributed by atoms with Gasteiger partial charge in [0.05, 0.1) is 6.54 Å². The summed E-state index contributed by atoms with van der Waals surface area (Å²) in [6.07, 6.45) is 7.52. The van der Waals surface area contributed by atoms with Gasteiger partial charge in [-0.3, -0.25) is 9.47 Å². The number of imidazole rings is 1. The summed E-state index contributed by atoms with van der Waals surface area (Å²) in [6, 6.07) is 1.70. The number of hydrogen-bond donors (Lipinski definition) is 1. The van der Waals surface area contributed by atoms with Crippen LogP contribution in [0.2, 0.25) is 0 Å². The van der Waals surface area contributed by atoms with Crippen LogP contribution in [0, 0.1) is 0 Å². The predicted molar refractivity (Wildman–Crippen MR) is 67.9 cm³/mol. The summed E-state index contributed by atoms with van der Waals surface area (Å²) in [7, 11) is 2.01. The molecule has 2 unspecified atom stereocenters. The van der Waals surface area contributed by atoms with Gasteiger partial charge < -0.3 is 5.32 Å². The van der Waals surface area contributed by atoms with Gasteiger partial charge in [-0.1, -0.05) is 0 Å². The van der Waals surface area contributed by atoms with Gasteiger partial charge >= 0.3 is 6.55 Å². The normalized spacial score (nSPS) is 30.5. The maximum atomic E-state index is 12.8. The van der Waals surface area contributed by atoms with Crippen molar-refractivity contribution in [2.75, 3.05) is 7.05 Å². The van der Waals surface area contributed by atoms with Crippen molar-refractivity contribution in [2.45, 2.75) is 56.9 Å². The molecule has 2 saturated heterocycles. The van der Waals surface area contributed by atoms with Crippen molar-refractivity contribution in [2.24, 2.45) is 0 Å². The van der Waals surface area contributed by atoms with Crippen LogP contribution < -0.4 is 5.32 Å². The van der Waals surface area contributed by atoms with Crippen LogP contribution in [-0.2, 0) is 6.54 Å². The van der Waals surface area contributed by atoms with Crippen LogP contribution in [0.1, 0.15) is 38.1 Å².